The Morgan fingerprint density at radius 2 is 1.75 bits per heavy atom. The Morgan fingerprint density at radius 3 is 2.19 bits per heavy atom. The number of hydrogen-bond acceptors (Lipinski definition) is 1. The number of carbonyl (C=O) groups is 1. The molecule has 5 heteroatoms. The van der Waals surface area contributed by atoms with Crippen LogP contribution in [0.4, 0.5) is 0 Å². The summed E-state index contributed by atoms with van der Waals surface area (Å²) in [6.07, 6.45) is 0. The van der Waals surface area contributed by atoms with Gasteiger partial charge >= 0.3 is 0 Å². The van der Waals surface area contributed by atoms with E-state index in [9.17, 15) is 4.79 Å². The molecule has 2 nitrogen and oxygen atoms in total. The van der Waals surface area contributed by atoms with E-state index in [4.69, 9.17) is 34.8 Å². The lowest BCUT2D eigenvalue weighted by atomic mass is 10.2. The van der Waals surface area contributed by atoms with Crippen LogP contribution in [0, 0.1) is 0 Å². The largest absolute Gasteiger partial charge is 0.297 e. The summed E-state index contributed by atoms with van der Waals surface area (Å²) in [5.41, 5.74) is 0.539. The zero-order valence-corrected chi connectivity index (χ0v) is 10.9. The first-order valence-corrected chi connectivity index (χ1v) is 5.79. The van der Waals surface area contributed by atoms with Crippen LogP contribution in [0.2, 0.25) is 0 Å². The molecule has 1 rings (SSSR count). The molecule has 0 aliphatic rings. The fourth-order valence-corrected chi connectivity index (χ4v) is 1.61. The quantitative estimate of drug-likeness (QED) is 0.766. The molecule has 86 valence electrons. The molecule has 0 spiro atoms. The van der Waals surface area contributed by atoms with E-state index in [1.807, 2.05) is 6.07 Å². The maximum Gasteiger partial charge on any atom is 0.258 e. The first-order valence-electron chi connectivity index (χ1n) is 4.65. The Balaban J connectivity index is 3.00. The molecule has 0 radical (unpaired) electrons. The molecule has 0 fully saturated rings. The normalized spacial score (nSPS) is 9.75. The molecule has 0 aliphatic heterocycles. The van der Waals surface area contributed by atoms with Crippen LogP contribution >= 0.6 is 34.8 Å². The van der Waals surface area contributed by atoms with Gasteiger partial charge in [0.2, 0.25) is 0 Å². The van der Waals surface area contributed by atoms with Crippen molar-refractivity contribution in [3.8, 4) is 0 Å². The molecule has 0 saturated heterocycles. The molecule has 0 N–H and O–H groups in total. The first kappa shape index (κ1) is 13.4. The van der Waals surface area contributed by atoms with Gasteiger partial charge in [-0.25, -0.2) is 0 Å². The van der Waals surface area contributed by atoms with E-state index < -0.39 is 0 Å². The van der Waals surface area contributed by atoms with E-state index in [0.717, 1.165) is 0 Å². The number of rotatable bonds is 3. The maximum absolute atomic E-state index is 12.0. The van der Waals surface area contributed by atoms with Crippen LogP contribution in [0.25, 0.3) is 0 Å². The Morgan fingerprint density at radius 1 is 1.19 bits per heavy atom. The number of halogens is 3. The third kappa shape index (κ3) is 3.14. The molecule has 1 aromatic carbocycles. The van der Waals surface area contributed by atoms with Gasteiger partial charge in [0.15, 0.2) is 0 Å². The second-order valence-electron chi connectivity index (χ2n) is 2.97. The smallest absolute Gasteiger partial charge is 0.258 e. The summed E-state index contributed by atoms with van der Waals surface area (Å²) >= 11 is 17.0. The van der Waals surface area contributed by atoms with Gasteiger partial charge in [-0.05, 0) is 19.1 Å². The van der Waals surface area contributed by atoms with E-state index in [0.29, 0.717) is 12.1 Å². The van der Waals surface area contributed by atoms with Gasteiger partial charge in [0.05, 0.1) is 0 Å². The molecule has 0 unspecified atom stereocenters. The van der Waals surface area contributed by atoms with Gasteiger partial charge in [-0.15, -0.1) is 0 Å². The van der Waals surface area contributed by atoms with E-state index in [1.165, 1.54) is 4.90 Å². The molecule has 0 aliphatic carbocycles. The van der Waals surface area contributed by atoms with Crippen molar-refractivity contribution in [3.05, 3.63) is 45.5 Å². The molecule has 0 bridgehead atoms. The second-order valence-corrected chi connectivity index (χ2v) is 4.27. The minimum absolute atomic E-state index is 0.0414. The highest BCUT2D eigenvalue weighted by Crippen LogP contribution is 2.23. The van der Waals surface area contributed by atoms with E-state index in [-0.39, 0.29) is 15.6 Å². The highest BCUT2D eigenvalue weighted by Gasteiger charge is 2.18. The lowest BCUT2D eigenvalue weighted by molar-refractivity contribution is 0.0822. The summed E-state index contributed by atoms with van der Waals surface area (Å²) in [6.45, 7) is 2.19. The summed E-state index contributed by atoms with van der Waals surface area (Å²) in [5, 5.41) is 0.0414. The highest BCUT2D eigenvalue weighted by molar-refractivity contribution is 6.59. The van der Waals surface area contributed by atoms with Gasteiger partial charge in [-0.3, -0.25) is 9.69 Å². The third-order valence-electron chi connectivity index (χ3n) is 1.98. The summed E-state index contributed by atoms with van der Waals surface area (Å²) in [6, 6.07) is 8.80. The fraction of sp³-hybridized carbons (Fsp3) is 0.182. The van der Waals surface area contributed by atoms with Gasteiger partial charge in [-0.1, -0.05) is 53.0 Å². The average molecular weight is 279 g/mol. The zero-order valence-electron chi connectivity index (χ0n) is 8.58. The fourth-order valence-electron chi connectivity index (χ4n) is 1.21. The Kier molecular flexibility index (Phi) is 5.13. The monoisotopic (exact) mass is 277 g/mol. The number of hydrogen-bond donors (Lipinski definition) is 0. The highest BCUT2D eigenvalue weighted by atomic mass is 35.5. The number of benzene rings is 1. The predicted octanol–water partition coefficient (Wildman–Crippen LogP) is 3.99. The average Bonchev–Trinajstić information content (AvgIpc) is 2.30. The Labute approximate surface area is 109 Å². The van der Waals surface area contributed by atoms with Crippen molar-refractivity contribution in [1.82, 2.24) is 4.90 Å². The maximum atomic E-state index is 12.0. The lowest BCUT2D eigenvalue weighted by Crippen LogP contribution is -2.28. The van der Waals surface area contributed by atoms with Crippen LogP contribution in [0.3, 0.4) is 0 Å². The van der Waals surface area contributed by atoms with Crippen molar-refractivity contribution in [3.63, 3.8) is 0 Å². The van der Waals surface area contributed by atoms with Crippen molar-refractivity contribution in [1.29, 1.82) is 0 Å². The van der Waals surface area contributed by atoms with E-state index in [1.54, 1.807) is 31.2 Å². The lowest BCUT2D eigenvalue weighted by Gasteiger charge is -2.19. The summed E-state index contributed by atoms with van der Waals surface area (Å²) in [7, 11) is 0. The topological polar surface area (TPSA) is 20.3 Å². The molecule has 0 saturated carbocycles. The second kappa shape index (κ2) is 6.14. The van der Waals surface area contributed by atoms with Crippen LogP contribution in [-0.4, -0.2) is 17.4 Å². The van der Waals surface area contributed by atoms with Crippen molar-refractivity contribution < 1.29 is 4.79 Å². The standard InChI is InChI=1S/C11H10Cl3NO/c1-2-15(10(14)9(12)13)11(16)8-6-4-3-5-7-8/h3-7H,2H2,1H3. The minimum Gasteiger partial charge on any atom is -0.297 e. The molecule has 0 atom stereocenters. The van der Waals surface area contributed by atoms with E-state index in [2.05, 4.69) is 0 Å². The van der Waals surface area contributed by atoms with E-state index >= 15 is 0 Å². The third-order valence-corrected chi connectivity index (χ3v) is 2.92. The minimum atomic E-state index is -0.230. The van der Waals surface area contributed by atoms with Crippen LogP contribution in [0.15, 0.2) is 40.0 Å². The molecule has 1 amide bonds. The Hall–Kier alpha value is -0.700. The predicted molar refractivity (Wildman–Crippen MR) is 67.7 cm³/mol. The summed E-state index contributed by atoms with van der Waals surface area (Å²) in [4.78, 5) is 13.3. The number of amides is 1. The molecular weight excluding hydrogens is 268 g/mol. The van der Waals surface area contributed by atoms with Gasteiger partial charge in [0.25, 0.3) is 5.91 Å². The molecule has 0 heterocycles. The SMILES string of the molecule is CCN(C(=O)c1ccccc1)C(Cl)=C(Cl)Cl. The van der Waals surface area contributed by atoms with Crippen molar-refractivity contribution in [2.45, 2.75) is 6.92 Å². The van der Waals surface area contributed by atoms with Gasteiger partial charge in [0, 0.05) is 12.1 Å². The molecule has 16 heavy (non-hydrogen) atoms. The van der Waals surface area contributed by atoms with Gasteiger partial charge in [-0.2, -0.15) is 0 Å². The zero-order chi connectivity index (χ0) is 12.1. The first-order chi connectivity index (χ1) is 7.57. The number of nitrogens with zero attached hydrogens (tertiary/aromatic N) is 1. The summed E-state index contributed by atoms with van der Waals surface area (Å²) < 4.78 is -0.118. The Bertz CT molecular complexity index is 399. The van der Waals surface area contributed by atoms with Crippen molar-refractivity contribution >= 4 is 40.7 Å². The van der Waals surface area contributed by atoms with Crippen molar-refractivity contribution in [2.24, 2.45) is 0 Å². The van der Waals surface area contributed by atoms with Crippen LogP contribution in [-0.2, 0) is 0 Å². The molecular formula is C11H10Cl3NO. The van der Waals surface area contributed by atoms with Gasteiger partial charge in [0.1, 0.15) is 9.65 Å². The van der Waals surface area contributed by atoms with Crippen LogP contribution < -0.4 is 0 Å². The van der Waals surface area contributed by atoms with Crippen LogP contribution in [0.1, 0.15) is 17.3 Å². The van der Waals surface area contributed by atoms with Crippen LogP contribution in [0.5, 0.6) is 0 Å². The summed E-state index contributed by atoms with van der Waals surface area (Å²) in [5.74, 6) is -0.230. The number of carbonyl (C=O) groups excluding carboxylic acids is 1. The molecule has 1 aromatic rings. The van der Waals surface area contributed by atoms with Gasteiger partial charge < -0.3 is 0 Å². The van der Waals surface area contributed by atoms with Crippen molar-refractivity contribution in [2.75, 3.05) is 6.54 Å². The molecule has 0 aromatic heterocycles.